The molecule has 2 aliphatic carbocycles. The van der Waals surface area contributed by atoms with E-state index in [0.717, 1.165) is 32.2 Å². The van der Waals surface area contributed by atoms with E-state index in [9.17, 15) is 0 Å². The Labute approximate surface area is 158 Å². The Balaban J connectivity index is 1.08. The highest BCUT2D eigenvalue weighted by molar-refractivity contribution is 5.79. The van der Waals surface area contributed by atoms with Crippen molar-refractivity contribution in [2.24, 2.45) is 10.9 Å². The van der Waals surface area contributed by atoms with Crippen LogP contribution in [0.2, 0.25) is 0 Å². The van der Waals surface area contributed by atoms with E-state index in [0.29, 0.717) is 24.2 Å². The minimum absolute atomic E-state index is 0.450. The summed E-state index contributed by atoms with van der Waals surface area (Å²) >= 11 is 0. The van der Waals surface area contributed by atoms with Gasteiger partial charge in [-0.15, -0.1) is 0 Å². The van der Waals surface area contributed by atoms with Crippen LogP contribution in [0.25, 0.3) is 0 Å². The van der Waals surface area contributed by atoms with Crippen molar-refractivity contribution in [3.8, 4) is 0 Å². The summed E-state index contributed by atoms with van der Waals surface area (Å²) in [5, 5.41) is 0. The highest BCUT2D eigenvalue weighted by atomic mass is 16.5. The van der Waals surface area contributed by atoms with Crippen LogP contribution in [0.15, 0.2) is 4.99 Å². The average molecular weight is 365 g/mol. The van der Waals surface area contributed by atoms with Crippen LogP contribution in [0, 0.1) is 5.92 Å². The van der Waals surface area contributed by atoms with E-state index in [4.69, 9.17) is 14.2 Å². The Morgan fingerprint density at radius 3 is 2.19 bits per heavy atom. The standard InChI is InChI=1S/C21H36N2O3/c1-2-13-23(12-1)14-16-24-18-7-9-20(10-8-18)26-19-5-3-17(4-6-19)21-22-11-15-25-21/h17-20H,1-16H2. The fraction of sp³-hybridized carbons (Fsp3) is 0.952. The topological polar surface area (TPSA) is 43.3 Å². The molecule has 0 aromatic rings. The van der Waals surface area contributed by atoms with Gasteiger partial charge in [0.1, 0.15) is 6.61 Å². The van der Waals surface area contributed by atoms with Gasteiger partial charge in [-0.2, -0.15) is 0 Å². The second-order valence-corrected chi connectivity index (χ2v) is 8.50. The number of hydrogen-bond donors (Lipinski definition) is 0. The van der Waals surface area contributed by atoms with Crippen molar-refractivity contribution in [2.45, 2.75) is 82.5 Å². The maximum atomic E-state index is 6.43. The zero-order valence-electron chi connectivity index (χ0n) is 16.2. The van der Waals surface area contributed by atoms with Gasteiger partial charge in [0.15, 0.2) is 5.90 Å². The predicted molar refractivity (Wildman–Crippen MR) is 103 cm³/mol. The second kappa shape index (κ2) is 9.52. The molecule has 3 fully saturated rings. The van der Waals surface area contributed by atoms with E-state index < -0.39 is 0 Å². The van der Waals surface area contributed by atoms with Crippen molar-refractivity contribution in [3.05, 3.63) is 0 Å². The minimum atomic E-state index is 0.450. The minimum Gasteiger partial charge on any atom is -0.479 e. The Hall–Kier alpha value is -0.650. The van der Waals surface area contributed by atoms with Crippen molar-refractivity contribution in [2.75, 3.05) is 39.4 Å². The van der Waals surface area contributed by atoms with Crippen molar-refractivity contribution >= 4 is 5.90 Å². The SMILES string of the molecule is C1CCN(CCOC2CCC(OC3CCC(C4=NCCO4)CC3)CC2)C1. The molecule has 0 spiro atoms. The lowest BCUT2D eigenvalue weighted by Gasteiger charge is -2.34. The number of nitrogens with zero attached hydrogens (tertiary/aromatic N) is 2. The molecule has 0 atom stereocenters. The van der Waals surface area contributed by atoms with Gasteiger partial charge in [0.25, 0.3) is 0 Å². The number of rotatable bonds is 7. The van der Waals surface area contributed by atoms with Crippen LogP contribution in [-0.4, -0.2) is 68.5 Å². The van der Waals surface area contributed by atoms with E-state index in [-0.39, 0.29) is 0 Å². The van der Waals surface area contributed by atoms with Crippen LogP contribution in [0.1, 0.15) is 64.2 Å². The van der Waals surface area contributed by atoms with E-state index >= 15 is 0 Å². The molecule has 26 heavy (non-hydrogen) atoms. The third kappa shape index (κ3) is 5.20. The largest absolute Gasteiger partial charge is 0.479 e. The number of aliphatic imine (C=N–C) groups is 1. The molecule has 148 valence electrons. The summed E-state index contributed by atoms with van der Waals surface area (Å²) in [6, 6.07) is 0. The first-order valence-corrected chi connectivity index (χ1v) is 11.0. The summed E-state index contributed by atoms with van der Waals surface area (Å²) in [5.41, 5.74) is 0. The zero-order chi connectivity index (χ0) is 17.6. The second-order valence-electron chi connectivity index (χ2n) is 8.50. The van der Waals surface area contributed by atoms with Crippen molar-refractivity contribution in [1.82, 2.24) is 4.90 Å². The lowest BCUT2D eigenvalue weighted by molar-refractivity contribution is -0.0746. The molecule has 1 saturated heterocycles. The molecule has 5 heteroatoms. The van der Waals surface area contributed by atoms with E-state index in [1.807, 2.05) is 0 Å². The van der Waals surface area contributed by atoms with Crippen molar-refractivity contribution in [3.63, 3.8) is 0 Å². The van der Waals surface area contributed by atoms with Crippen LogP contribution in [-0.2, 0) is 14.2 Å². The molecule has 0 unspecified atom stereocenters. The molecule has 4 aliphatic rings. The molecule has 0 bridgehead atoms. The van der Waals surface area contributed by atoms with E-state index in [2.05, 4.69) is 9.89 Å². The normalized spacial score (nSPS) is 36.1. The summed E-state index contributed by atoms with van der Waals surface area (Å²) in [6.07, 6.45) is 13.5. The molecular weight excluding hydrogens is 328 g/mol. The van der Waals surface area contributed by atoms with Gasteiger partial charge in [0.2, 0.25) is 0 Å². The Kier molecular flexibility index (Phi) is 6.85. The molecule has 4 rings (SSSR count). The van der Waals surface area contributed by atoms with Crippen LogP contribution < -0.4 is 0 Å². The molecular formula is C21H36N2O3. The molecule has 0 N–H and O–H groups in total. The molecule has 0 aromatic heterocycles. The van der Waals surface area contributed by atoms with Crippen LogP contribution in [0.5, 0.6) is 0 Å². The Morgan fingerprint density at radius 1 is 0.885 bits per heavy atom. The third-order valence-corrected chi connectivity index (χ3v) is 6.60. The van der Waals surface area contributed by atoms with Crippen LogP contribution >= 0.6 is 0 Å². The molecule has 5 nitrogen and oxygen atoms in total. The van der Waals surface area contributed by atoms with Gasteiger partial charge in [0.05, 0.1) is 31.5 Å². The van der Waals surface area contributed by atoms with Gasteiger partial charge in [0, 0.05) is 12.5 Å². The van der Waals surface area contributed by atoms with Crippen molar-refractivity contribution in [1.29, 1.82) is 0 Å². The summed E-state index contributed by atoms with van der Waals surface area (Å²) in [4.78, 5) is 7.03. The smallest absolute Gasteiger partial charge is 0.186 e. The first-order chi connectivity index (χ1) is 12.9. The maximum absolute atomic E-state index is 6.43. The van der Waals surface area contributed by atoms with Gasteiger partial charge in [-0.1, -0.05) is 0 Å². The monoisotopic (exact) mass is 364 g/mol. The summed E-state index contributed by atoms with van der Waals surface area (Å²) in [7, 11) is 0. The van der Waals surface area contributed by atoms with Gasteiger partial charge < -0.3 is 19.1 Å². The van der Waals surface area contributed by atoms with Gasteiger partial charge in [-0.25, -0.2) is 0 Å². The van der Waals surface area contributed by atoms with Gasteiger partial charge >= 0.3 is 0 Å². The quantitative estimate of drug-likeness (QED) is 0.694. The average Bonchev–Trinajstić information content (AvgIpc) is 3.38. The number of hydrogen-bond acceptors (Lipinski definition) is 5. The highest BCUT2D eigenvalue weighted by Crippen LogP contribution is 2.32. The summed E-state index contributed by atoms with van der Waals surface area (Å²) < 4.78 is 18.2. The van der Waals surface area contributed by atoms with Crippen LogP contribution in [0.3, 0.4) is 0 Å². The molecule has 0 aromatic carbocycles. The Bertz CT molecular complexity index is 448. The fourth-order valence-electron chi connectivity index (χ4n) is 5.01. The molecule has 2 aliphatic heterocycles. The first kappa shape index (κ1) is 18.7. The molecule has 2 saturated carbocycles. The molecule has 2 heterocycles. The van der Waals surface area contributed by atoms with E-state index in [1.54, 1.807) is 0 Å². The number of ether oxygens (including phenoxy) is 3. The predicted octanol–water partition coefficient (Wildman–Crippen LogP) is 3.41. The maximum Gasteiger partial charge on any atom is 0.186 e. The fourth-order valence-corrected chi connectivity index (χ4v) is 5.01. The third-order valence-electron chi connectivity index (χ3n) is 6.60. The highest BCUT2D eigenvalue weighted by Gasteiger charge is 2.30. The van der Waals surface area contributed by atoms with Gasteiger partial charge in [-0.05, 0) is 77.3 Å². The lowest BCUT2D eigenvalue weighted by Crippen LogP contribution is -2.34. The van der Waals surface area contributed by atoms with Gasteiger partial charge in [-0.3, -0.25) is 4.99 Å². The van der Waals surface area contributed by atoms with Crippen molar-refractivity contribution < 1.29 is 14.2 Å². The first-order valence-electron chi connectivity index (χ1n) is 11.0. The summed E-state index contributed by atoms with van der Waals surface area (Å²) in [6.45, 7) is 6.21. The lowest BCUT2D eigenvalue weighted by atomic mass is 9.86. The number of likely N-dealkylation sites (tertiary alicyclic amines) is 1. The zero-order valence-corrected chi connectivity index (χ0v) is 16.2. The summed E-state index contributed by atoms with van der Waals surface area (Å²) in [5.74, 6) is 1.58. The molecule has 0 radical (unpaired) electrons. The Morgan fingerprint density at radius 2 is 1.54 bits per heavy atom. The molecule has 0 amide bonds. The van der Waals surface area contributed by atoms with E-state index in [1.165, 1.54) is 77.3 Å². The van der Waals surface area contributed by atoms with Crippen LogP contribution in [0.4, 0.5) is 0 Å².